The number of para-hydroxylation sites is 3. The van der Waals surface area contributed by atoms with Gasteiger partial charge < -0.3 is 14.8 Å². The molecule has 4 rings (SSSR count). The van der Waals surface area contributed by atoms with Gasteiger partial charge in [0, 0.05) is 31.9 Å². The van der Waals surface area contributed by atoms with Gasteiger partial charge in [0.25, 0.3) is 0 Å². The Kier molecular flexibility index (Phi) is 5.34. The van der Waals surface area contributed by atoms with Crippen LogP contribution in [-0.4, -0.2) is 52.7 Å². The summed E-state index contributed by atoms with van der Waals surface area (Å²) in [6.45, 7) is 5.45. The SMILES string of the molecule is CC(SCC(=O)N1CCN(c2ccccc2)CC1)c1nc2ccccc2[nH]1. The molecule has 2 heterocycles. The fraction of sp³-hybridized carbons (Fsp3) is 0.333. The van der Waals surface area contributed by atoms with E-state index in [-0.39, 0.29) is 11.2 Å². The van der Waals surface area contributed by atoms with Crippen molar-refractivity contribution in [2.24, 2.45) is 0 Å². The number of thioether (sulfide) groups is 1. The molecule has 27 heavy (non-hydrogen) atoms. The standard InChI is InChI=1S/C21H24N4OS/c1-16(21-22-18-9-5-6-10-19(18)23-21)27-15-20(26)25-13-11-24(12-14-25)17-7-3-2-4-8-17/h2-10,16H,11-15H2,1H3,(H,22,23). The zero-order valence-electron chi connectivity index (χ0n) is 15.5. The molecule has 1 atom stereocenters. The summed E-state index contributed by atoms with van der Waals surface area (Å²) in [5.41, 5.74) is 3.25. The number of hydrogen-bond donors (Lipinski definition) is 1. The summed E-state index contributed by atoms with van der Waals surface area (Å²) >= 11 is 1.65. The normalized spacial score (nSPS) is 15.9. The smallest absolute Gasteiger partial charge is 0.232 e. The predicted molar refractivity (Wildman–Crippen MR) is 112 cm³/mol. The van der Waals surface area contributed by atoms with Crippen LogP contribution < -0.4 is 4.90 Å². The molecule has 0 bridgehead atoms. The van der Waals surface area contributed by atoms with Crippen molar-refractivity contribution in [3.8, 4) is 0 Å². The minimum Gasteiger partial charge on any atom is -0.368 e. The van der Waals surface area contributed by atoms with E-state index in [0.717, 1.165) is 43.0 Å². The van der Waals surface area contributed by atoms with E-state index in [1.807, 2.05) is 35.2 Å². The summed E-state index contributed by atoms with van der Waals surface area (Å²) in [6, 6.07) is 18.4. The van der Waals surface area contributed by atoms with Gasteiger partial charge in [-0.2, -0.15) is 0 Å². The van der Waals surface area contributed by atoms with Gasteiger partial charge in [0.2, 0.25) is 5.91 Å². The number of carbonyl (C=O) groups excluding carboxylic acids is 1. The van der Waals surface area contributed by atoms with E-state index in [1.165, 1.54) is 5.69 Å². The third-order valence-corrected chi connectivity index (χ3v) is 6.14. The molecule has 2 aromatic carbocycles. The van der Waals surface area contributed by atoms with E-state index in [1.54, 1.807) is 11.8 Å². The highest BCUT2D eigenvalue weighted by molar-refractivity contribution is 8.00. The lowest BCUT2D eigenvalue weighted by molar-refractivity contribution is -0.128. The minimum atomic E-state index is 0.159. The molecule has 3 aromatic rings. The van der Waals surface area contributed by atoms with Crippen LogP contribution in [0.25, 0.3) is 11.0 Å². The Balaban J connectivity index is 1.28. The molecule has 1 saturated heterocycles. The Hall–Kier alpha value is -2.47. The van der Waals surface area contributed by atoms with E-state index in [4.69, 9.17) is 0 Å². The third kappa shape index (κ3) is 4.11. The maximum absolute atomic E-state index is 12.6. The number of hydrogen-bond acceptors (Lipinski definition) is 4. The number of amides is 1. The first kappa shape index (κ1) is 17.9. The van der Waals surface area contributed by atoms with Crippen molar-refractivity contribution in [1.29, 1.82) is 0 Å². The highest BCUT2D eigenvalue weighted by atomic mass is 32.2. The minimum absolute atomic E-state index is 0.159. The lowest BCUT2D eigenvalue weighted by atomic mass is 10.2. The molecule has 1 aliphatic heterocycles. The first-order valence-corrected chi connectivity index (χ1v) is 10.4. The molecule has 1 fully saturated rings. The molecule has 1 unspecified atom stereocenters. The largest absolute Gasteiger partial charge is 0.368 e. The molecule has 5 nitrogen and oxygen atoms in total. The quantitative estimate of drug-likeness (QED) is 0.733. The fourth-order valence-corrected chi connectivity index (χ4v) is 4.23. The number of benzene rings is 2. The lowest BCUT2D eigenvalue weighted by Crippen LogP contribution is -2.49. The monoisotopic (exact) mass is 380 g/mol. The maximum atomic E-state index is 12.6. The van der Waals surface area contributed by atoms with Crippen LogP contribution >= 0.6 is 11.8 Å². The first-order chi connectivity index (χ1) is 13.2. The van der Waals surface area contributed by atoms with Crippen molar-refractivity contribution < 1.29 is 4.79 Å². The molecule has 1 amide bonds. The van der Waals surface area contributed by atoms with E-state index < -0.39 is 0 Å². The van der Waals surface area contributed by atoms with Gasteiger partial charge in [-0.3, -0.25) is 4.79 Å². The van der Waals surface area contributed by atoms with Crippen LogP contribution in [0, 0.1) is 0 Å². The van der Waals surface area contributed by atoms with Gasteiger partial charge in [-0.1, -0.05) is 30.3 Å². The first-order valence-electron chi connectivity index (χ1n) is 9.35. The van der Waals surface area contributed by atoms with Crippen molar-refractivity contribution >= 4 is 34.4 Å². The highest BCUT2D eigenvalue weighted by Gasteiger charge is 2.22. The van der Waals surface area contributed by atoms with Crippen molar-refractivity contribution in [2.75, 3.05) is 36.8 Å². The molecule has 1 N–H and O–H groups in total. The Labute approximate surface area is 163 Å². The third-order valence-electron chi connectivity index (χ3n) is 5.00. The van der Waals surface area contributed by atoms with Crippen molar-refractivity contribution in [1.82, 2.24) is 14.9 Å². The van der Waals surface area contributed by atoms with Crippen molar-refractivity contribution in [3.05, 3.63) is 60.4 Å². The summed E-state index contributed by atoms with van der Waals surface area (Å²) in [4.78, 5) is 24.9. The Morgan fingerprint density at radius 2 is 1.78 bits per heavy atom. The lowest BCUT2D eigenvalue weighted by Gasteiger charge is -2.36. The van der Waals surface area contributed by atoms with Gasteiger partial charge in [0.1, 0.15) is 5.82 Å². The van der Waals surface area contributed by atoms with Crippen LogP contribution in [-0.2, 0) is 4.79 Å². The summed E-state index contributed by atoms with van der Waals surface area (Å²) in [6.07, 6.45) is 0. The van der Waals surface area contributed by atoms with Crippen LogP contribution in [0.3, 0.4) is 0 Å². The summed E-state index contributed by atoms with van der Waals surface area (Å²) < 4.78 is 0. The number of fused-ring (bicyclic) bond motifs is 1. The van der Waals surface area contributed by atoms with Crippen LogP contribution in [0.2, 0.25) is 0 Å². The number of imidazole rings is 1. The molecule has 1 aliphatic rings. The second-order valence-electron chi connectivity index (χ2n) is 6.80. The molecule has 0 saturated carbocycles. The van der Waals surface area contributed by atoms with Gasteiger partial charge >= 0.3 is 0 Å². The van der Waals surface area contributed by atoms with Gasteiger partial charge in [-0.15, -0.1) is 11.8 Å². The van der Waals surface area contributed by atoms with Crippen LogP contribution in [0.1, 0.15) is 18.0 Å². The Morgan fingerprint density at radius 1 is 1.07 bits per heavy atom. The summed E-state index contributed by atoms with van der Waals surface area (Å²) in [5.74, 6) is 1.64. The van der Waals surface area contributed by atoms with Crippen LogP contribution in [0.5, 0.6) is 0 Å². The molecular weight excluding hydrogens is 356 g/mol. The molecular formula is C21H24N4OS. The topological polar surface area (TPSA) is 52.2 Å². The molecule has 140 valence electrons. The van der Waals surface area contributed by atoms with Crippen LogP contribution in [0.4, 0.5) is 5.69 Å². The van der Waals surface area contributed by atoms with Gasteiger partial charge in [-0.05, 0) is 31.2 Å². The average Bonchev–Trinajstić information content (AvgIpc) is 3.17. The van der Waals surface area contributed by atoms with E-state index >= 15 is 0 Å². The molecule has 0 aliphatic carbocycles. The number of piperazine rings is 1. The summed E-state index contributed by atoms with van der Waals surface area (Å²) in [7, 11) is 0. The molecule has 0 radical (unpaired) electrons. The van der Waals surface area contributed by atoms with E-state index in [9.17, 15) is 4.79 Å². The number of rotatable bonds is 5. The summed E-state index contributed by atoms with van der Waals surface area (Å²) in [5, 5.41) is 0.159. The van der Waals surface area contributed by atoms with Crippen molar-refractivity contribution in [2.45, 2.75) is 12.2 Å². The van der Waals surface area contributed by atoms with Crippen LogP contribution in [0.15, 0.2) is 54.6 Å². The van der Waals surface area contributed by atoms with Gasteiger partial charge in [-0.25, -0.2) is 4.98 Å². The zero-order chi connectivity index (χ0) is 18.6. The fourth-order valence-electron chi connectivity index (χ4n) is 3.38. The van der Waals surface area contributed by atoms with E-state index in [0.29, 0.717) is 5.75 Å². The van der Waals surface area contributed by atoms with E-state index in [2.05, 4.69) is 46.1 Å². The number of nitrogens with zero attached hydrogens (tertiary/aromatic N) is 3. The predicted octanol–water partition coefficient (Wildman–Crippen LogP) is 3.71. The second kappa shape index (κ2) is 8.05. The number of aromatic nitrogens is 2. The number of carbonyl (C=O) groups is 1. The number of H-pyrrole nitrogens is 1. The number of nitrogens with one attached hydrogen (secondary N) is 1. The molecule has 6 heteroatoms. The Morgan fingerprint density at radius 3 is 2.52 bits per heavy atom. The second-order valence-corrected chi connectivity index (χ2v) is 8.12. The molecule has 1 aromatic heterocycles. The zero-order valence-corrected chi connectivity index (χ0v) is 16.3. The highest BCUT2D eigenvalue weighted by Crippen LogP contribution is 2.28. The molecule has 0 spiro atoms. The van der Waals surface area contributed by atoms with Gasteiger partial charge in [0.05, 0.1) is 22.0 Å². The number of anilines is 1. The maximum Gasteiger partial charge on any atom is 0.232 e. The van der Waals surface area contributed by atoms with Crippen molar-refractivity contribution in [3.63, 3.8) is 0 Å². The Bertz CT molecular complexity index is 870. The van der Waals surface area contributed by atoms with Gasteiger partial charge in [0.15, 0.2) is 0 Å². The number of aromatic amines is 1. The average molecular weight is 381 g/mol.